The van der Waals surface area contributed by atoms with Crippen LogP contribution in [0, 0.1) is 18.3 Å². The molecule has 2 rings (SSSR count). The zero-order chi connectivity index (χ0) is 13.8. The quantitative estimate of drug-likeness (QED) is 0.721. The third kappa shape index (κ3) is 3.28. The Bertz CT molecular complexity index is 649. The van der Waals surface area contributed by atoms with Crippen molar-refractivity contribution in [1.29, 1.82) is 5.26 Å². The highest BCUT2D eigenvalue weighted by Gasteiger charge is 2.08. The summed E-state index contributed by atoms with van der Waals surface area (Å²) in [4.78, 5) is 0. The molecule has 0 bridgehead atoms. The van der Waals surface area contributed by atoms with Gasteiger partial charge in [-0.25, -0.2) is 0 Å². The SMILES string of the molecule is Cc1ccc(C#N)cc1Oc1ccc(Cl)cc1CBr. The Labute approximate surface area is 125 Å². The van der Waals surface area contributed by atoms with Gasteiger partial charge in [0.05, 0.1) is 11.6 Å². The first-order chi connectivity index (χ1) is 9.13. The van der Waals surface area contributed by atoms with Gasteiger partial charge >= 0.3 is 0 Å². The average molecular weight is 337 g/mol. The van der Waals surface area contributed by atoms with Gasteiger partial charge in [-0.3, -0.25) is 0 Å². The summed E-state index contributed by atoms with van der Waals surface area (Å²) in [6.45, 7) is 1.94. The molecule has 0 heterocycles. The molecule has 19 heavy (non-hydrogen) atoms. The molecule has 0 fully saturated rings. The lowest BCUT2D eigenvalue weighted by Crippen LogP contribution is -1.92. The van der Waals surface area contributed by atoms with Gasteiger partial charge in [-0.1, -0.05) is 33.6 Å². The Morgan fingerprint density at radius 3 is 2.68 bits per heavy atom. The van der Waals surface area contributed by atoms with Crippen molar-refractivity contribution in [3.63, 3.8) is 0 Å². The molecule has 0 aliphatic carbocycles. The van der Waals surface area contributed by atoms with Crippen molar-refractivity contribution >= 4 is 27.5 Å². The molecule has 0 unspecified atom stereocenters. The maximum Gasteiger partial charge on any atom is 0.131 e. The molecule has 0 N–H and O–H groups in total. The maximum absolute atomic E-state index is 8.93. The number of hydrogen-bond acceptors (Lipinski definition) is 2. The summed E-state index contributed by atoms with van der Waals surface area (Å²) in [5, 5.41) is 10.2. The minimum Gasteiger partial charge on any atom is -0.457 e. The molecule has 0 spiro atoms. The average Bonchev–Trinajstić information content (AvgIpc) is 2.43. The van der Waals surface area contributed by atoms with Crippen LogP contribution in [0.4, 0.5) is 0 Å². The van der Waals surface area contributed by atoms with Gasteiger partial charge in [0.1, 0.15) is 11.5 Å². The second-order valence-electron chi connectivity index (χ2n) is 4.08. The van der Waals surface area contributed by atoms with Crippen LogP contribution in [0.3, 0.4) is 0 Å². The Kier molecular flexibility index (Phi) is 4.47. The lowest BCUT2D eigenvalue weighted by Gasteiger charge is -2.12. The van der Waals surface area contributed by atoms with Gasteiger partial charge in [0, 0.05) is 15.9 Å². The minimum atomic E-state index is 0.579. The fourth-order valence-electron chi connectivity index (χ4n) is 1.65. The van der Waals surface area contributed by atoms with Gasteiger partial charge in [-0.2, -0.15) is 5.26 Å². The van der Waals surface area contributed by atoms with E-state index >= 15 is 0 Å². The van der Waals surface area contributed by atoms with Crippen LogP contribution < -0.4 is 4.74 Å². The molecule has 0 saturated heterocycles. The van der Waals surface area contributed by atoms with E-state index in [-0.39, 0.29) is 0 Å². The van der Waals surface area contributed by atoms with Crippen molar-refractivity contribution in [2.24, 2.45) is 0 Å². The van der Waals surface area contributed by atoms with Crippen molar-refractivity contribution < 1.29 is 4.74 Å². The number of ether oxygens (including phenoxy) is 1. The molecule has 0 radical (unpaired) electrons. The van der Waals surface area contributed by atoms with E-state index < -0.39 is 0 Å². The van der Waals surface area contributed by atoms with Crippen molar-refractivity contribution in [2.45, 2.75) is 12.3 Å². The van der Waals surface area contributed by atoms with Crippen LogP contribution in [0.2, 0.25) is 5.02 Å². The molecular weight excluding hydrogens is 326 g/mol. The van der Waals surface area contributed by atoms with Crippen molar-refractivity contribution in [1.82, 2.24) is 0 Å². The Morgan fingerprint density at radius 1 is 1.21 bits per heavy atom. The summed E-state index contributed by atoms with van der Waals surface area (Å²) in [6, 6.07) is 13.0. The van der Waals surface area contributed by atoms with Crippen LogP contribution in [0.15, 0.2) is 36.4 Å². The number of hydrogen-bond donors (Lipinski definition) is 0. The Balaban J connectivity index is 2.39. The number of benzene rings is 2. The van der Waals surface area contributed by atoms with Gasteiger partial charge in [-0.15, -0.1) is 0 Å². The zero-order valence-electron chi connectivity index (χ0n) is 10.3. The molecular formula is C15H11BrClNO. The van der Waals surface area contributed by atoms with Crippen LogP contribution in [-0.4, -0.2) is 0 Å². The second-order valence-corrected chi connectivity index (χ2v) is 5.08. The molecule has 2 aromatic rings. The molecule has 2 aromatic carbocycles. The monoisotopic (exact) mass is 335 g/mol. The number of nitrogens with zero attached hydrogens (tertiary/aromatic N) is 1. The highest BCUT2D eigenvalue weighted by atomic mass is 79.9. The van der Waals surface area contributed by atoms with Crippen molar-refractivity contribution in [3.05, 3.63) is 58.1 Å². The predicted octanol–water partition coefficient (Wildman–Crippen LogP) is 5.21. The third-order valence-electron chi connectivity index (χ3n) is 2.70. The number of aryl methyl sites for hydroxylation is 1. The van der Waals surface area contributed by atoms with E-state index in [0.717, 1.165) is 16.9 Å². The van der Waals surface area contributed by atoms with Crippen molar-refractivity contribution in [2.75, 3.05) is 0 Å². The summed E-state index contributed by atoms with van der Waals surface area (Å²) >= 11 is 9.37. The van der Waals surface area contributed by atoms with Gasteiger partial charge < -0.3 is 4.74 Å². The molecule has 0 aromatic heterocycles. The van der Waals surface area contributed by atoms with Crippen LogP contribution in [0.5, 0.6) is 11.5 Å². The predicted molar refractivity (Wildman–Crippen MR) is 80.1 cm³/mol. The smallest absolute Gasteiger partial charge is 0.131 e. The summed E-state index contributed by atoms with van der Waals surface area (Å²) in [5.74, 6) is 1.42. The van der Waals surface area contributed by atoms with E-state index in [2.05, 4.69) is 22.0 Å². The normalized spacial score (nSPS) is 10.0. The molecule has 2 nitrogen and oxygen atoms in total. The lowest BCUT2D eigenvalue weighted by atomic mass is 10.1. The number of nitriles is 1. The fourth-order valence-corrected chi connectivity index (χ4v) is 2.28. The van der Waals surface area contributed by atoms with Gasteiger partial charge in [0.25, 0.3) is 0 Å². The first-order valence-corrected chi connectivity index (χ1v) is 7.17. The van der Waals surface area contributed by atoms with Crippen LogP contribution in [0.25, 0.3) is 0 Å². The number of rotatable bonds is 3. The van der Waals surface area contributed by atoms with Crippen molar-refractivity contribution in [3.8, 4) is 17.6 Å². The maximum atomic E-state index is 8.93. The Hall–Kier alpha value is -1.50. The zero-order valence-corrected chi connectivity index (χ0v) is 12.6. The summed E-state index contributed by atoms with van der Waals surface area (Å²) in [5.41, 5.74) is 2.53. The molecule has 96 valence electrons. The molecule has 4 heteroatoms. The first kappa shape index (κ1) is 13.9. The lowest BCUT2D eigenvalue weighted by molar-refractivity contribution is 0.475. The van der Waals surface area contributed by atoms with Gasteiger partial charge in [0.2, 0.25) is 0 Å². The summed E-state index contributed by atoms with van der Waals surface area (Å²) in [6.07, 6.45) is 0. The Morgan fingerprint density at radius 2 is 2.00 bits per heavy atom. The molecule has 0 aliphatic rings. The molecule has 0 amide bonds. The van der Waals surface area contributed by atoms with E-state index in [1.165, 1.54) is 0 Å². The molecule has 0 atom stereocenters. The minimum absolute atomic E-state index is 0.579. The van der Waals surface area contributed by atoms with E-state index in [4.69, 9.17) is 21.6 Å². The van der Waals surface area contributed by atoms with Gasteiger partial charge in [-0.05, 0) is 42.8 Å². The molecule has 0 aliphatic heterocycles. The number of alkyl halides is 1. The van der Waals surface area contributed by atoms with Crippen LogP contribution >= 0.6 is 27.5 Å². The van der Waals surface area contributed by atoms with Crippen LogP contribution in [-0.2, 0) is 5.33 Å². The fraction of sp³-hybridized carbons (Fsp3) is 0.133. The van der Waals surface area contributed by atoms with Crippen LogP contribution in [0.1, 0.15) is 16.7 Å². The summed E-state index contributed by atoms with van der Waals surface area (Å²) < 4.78 is 5.89. The van der Waals surface area contributed by atoms with E-state index in [1.807, 2.05) is 25.1 Å². The molecule has 0 saturated carbocycles. The highest BCUT2D eigenvalue weighted by Crippen LogP contribution is 2.31. The topological polar surface area (TPSA) is 33.0 Å². The standard InChI is InChI=1S/C15H11BrClNO/c1-10-2-3-11(9-18)6-15(10)19-14-5-4-13(17)7-12(14)8-16/h2-7H,8H2,1H3. The third-order valence-corrected chi connectivity index (χ3v) is 3.54. The van der Waals surface area contributed by atoms with E-state index in [1.54, 1.807) is 18.2 Å². The van der Waals surface area contributed by atoms with E-state index in [9.17, 15) is 0 Å². The highest BCUT2D eigenvalue weighted by molar-refractivity contribution is 9.08. The van der Waals surface area contributed by atoms with Gasteiger partial charge in [0.15, 0.2) is 0 Å². The number of halogens is 2. The first-order valence-electron chi connectivity index (χ1n) is 5.67. The summed E-state index contributed by atoms with van der Waals surface area (Å²) in [7, 11) is 0. The van der Waals surface area contributed by atoms with E-state index in [0.29, 0.717) is 21.7 Å². The largest absolute Gasteiger partial charge is 0.457 e. The second kappa shape index (κ2) is 6.10.